The van der Waals surface area contributed by atoms with E-state index >= 15 is 0 Å². The number of nitrogens with zero attached hydrogens (tertiary/aromatic N) is 1. The lowest BCUT2D eigenvalue weighted by atomic mass is 10.3. The fourth-order valence-electron chi connectivity index (χ4n) is 1.03. The fraction of sp³-hybridized carbons (Fsp3) is 0.125. The van der Waals surface area contributed by atoms with Crippen molar-refractivity contribution in [3.63, 3.8) is 0 Å². The minimum absolute atomic E-state index is 0.139. The molecule has 0 aromatic carbocycles. The highest BCUT2D eigenvalue weighted by molar-refractivity contribution is 5.80. The molecule has 0 amide bonds. The van der Waals surface area contributed by atoms with Gasteiger partial charge in [-0.1, -0.05) is 0 Å². The van der Waals surface area contributed by atoms with Crippen LogP contribution in [0.4, 0.5) is 0 Å². The van der Waals surface area contributed by atoms with Crippen molar-refractivity contribution in [2.75, 3.05) is 0 Å². The Morgan fingerprint density at radius 1 is 1.55 bits per heavy atom. The third kappa shape index (κ3) is 0.774. The summed E-state index contributed by atoms with van der Waals surface area (Å²) in [6.07, 6.45) is 1.62. The van der Waals surface area contributed by atoms with Gasteiger partial charge in [0.1, 0.15) is 5.76 Å². The Hall–Kier alpha value is -1.51. The van der Waals surface area contributed by atoms with Crippen LogP contribution in [0.15, 0.2) is 22.7 Å². The third-order valence-corrected chi connectivity index (χ3v) is 1.59. The smallest absolute Gasteiger partial charge is 0.183 e. The van der Waals surface area contributed by atoms with Crippen molar-refractivity contribution in [3.8, 4) is 5.75 Å². The van der Waals surface area contributed by atoms with E-state index in [1.54, 1.807) is 25.3 Å². The van der Waals surface area contributed by atoms with Crippen molar-refractivity contribution in [3.05, 3.63) is 24.1 Å². The molecule has 0 saturated carbocycles. The second-order valence-corrected chi connectivity index (χ2v) is 2.36. The first-order chi connectivity index (χ1) is 5.29. The average molecular weight is 149 g/mol. The Kier molecular flexibility index (Phi) is 1.12. The lowest BCUT2D eigenvalue weighted by Gasteiger charge is -1.83. The number of rotatable bonds is 0. The number of pyridine rings is 1. The molecule has 3 nitrogen and oxygen atoms in total. The molecule has 1 N–H and O–H groups in total. The predicted molar refractivity (Wildman–Crippen MR) is 40.4 cm³/mol. The molecular formula is C8H7NO2. The molecule has 0 spiro atoms. The summed E-state index contributed by atoms with van der Waals surface area (Å²) in [7, 11) is 0. The van der Waals surface area contributed by atoms with Gasteiger partial charge in [-0.15, -0.1) is 0 Å². The minimum atomic E-state index is 0.139. The molecule has 0 aliphatic heterocycles. The molecule has 0 aliphatic carbocycles. The SMILES string of the molecule is Cc1oc2cccnc2c1O. The molecule has 2 aromatic rings. The molecule has 0 fully saturated rings. The van der Waals surface area contributed by atoms with E-state index in [1.807, 2.05) is 0 Å². The zero-order valence-corrected chi connectivity index (χ0v) is 6.03. The lowest BCUT2D eigenvalue weighted by Crippen LogP contribution is -1.69. The summed E-state index contributed by atoms with van der Waals surface area (Å²) in [5, 5.41) is 9.34. The summed E-state index contributed by atoms with van der Waals surface area (Å²) in [5.74, 6) is 0.652. The Bertz CT molecular complexity index is 392. The summed E-state index contributed by atoms with van der Waals surface area (Å²) in [4.78, 5) is 3.96. The Balaban J connectivity index is 2.92. The van der Waals surface area contributed by atoms with Crippen LogP contribution >= 0.6 is 0 Å². The zero-order chi connectivity index (χ0) is 7.84. The fourth-order valence-corrected chi connectivity index (χ4v) is 1.03. The molecule has 3 heteroatoms. The van der Waals surface area contributed by atoms with Gasteiger partial charge >= 0.3 is 0 Å². The number of fused-ring (bicyclic) bond motifs is 1. The number of aromatic nitrogens is 1. The molecule has 0 saturated heterocycles. The lowest BCUT2D eigenvalue weighted by molar-refractivity contribution is 0.450. The summed E-state index contributed by atoms with van der Waals surface area (Å²) in [6, 6.07) is 3.54. The van der Waals surface area contributed by atoms with Gasteiger partial charge in [0.15, 0.2) is 16.8 Å². The van der Waals surface area contributed by atoms with Gasteiger partial charge < -0.3 is 9.52 Å². The largest absolute Gasteiger partial charge is 0.503 e. The first-order valence-corrected chi connectivity index (χ1v) is 3.32. The predicted octanol–water partition coefficient (Wildman–Crippen LogP) is 1.84. The first kappa shape index (κ1) is 6.22. The number of hydrogen-bond acceptors (Lipinski definition) is 3. The van der Waals surface area contributed by atoms with E-state index in [-0.39, 0.29) is 5.75 Å². The van der Waals surface area contributed by atoms with Crippen LogP contribution in [0, 0.1) is 6.92 Å². The van der Waals surface area contributed by atoms with Crippen LogP contribution in [0.1, 0.15) is 5.76 Å². The van der Waals surface area contributed by atoms with Crippen molar-refractivity contribution in [1.29, 1.82) is 0 Å². The second kappa shape index (κ2) is 1.99. The van der Waals surface area contributed by atoms with Crippen LogP contribution in [0.25, 0.3) is 11.1 Å². The van der Waals surface area contributed by atoms with Gasteiger partial charge in [0.25, 0.3) is 0 Å². The molecule has 0 bridgehead atoms. The molecule has 0 aliphatic rings. The summed E-state index contributed by atoms with van der Waals surface area (Å²) in [6.45, 7) is 1.71. The first-order valence-electron chi connectivity index (χ1n) is 3.32. The van der Waals surface area contributed by atoms with Gasteiger partial charge in [0.05, 0.1) is 0 Å². The molecule has 2 heterocycles. The number of hydrogen-bond donors (Lipinski definition) is 1. The van der Waals surface area contributed by atoms with Crippen LogP contribution in [0.2, 0.25) is 0 Å². The highest BCUT2D eigenvalue weighted by atomic mass is 16.4. The number of aromatic hydroxyl groups is 1. The van der Waals surface area contributed by atoms with Gasteiger partial charge in [-0.3, -0.25) is 0 Å². The van der Waals surface area contributed by atoms with Crippen molar-refractivity contribution < 1.29 is 9.52 Å². The highest BCUT2D eigenvalue weighted by Gasteiger charge is 2.08. The van der Waals surface area contributed by atoms with Crippen LogP contribution in [-0.2, 0) is 0 Å². The monoisotopic (exact) mass is 149 g/mol. The Morgan fingerprint density at radius 2 is 2.36 bits per heavy atom. The van der Waals surface area contributed by atoms with Gasteiger partial charge in [0, 0.05) is 6.20 Å². The normalized spacial score (nSPS) is 10.6. The van der Waals surface area contributed by atoms with Crippen LogP contribution in [0.3, 0.4) is 0 Å². The van der Waals surface area contributed by atoms with E-state index in [9.17, 15) is 5.11 Å². The van der Waals surface area contributed by atoms with E-state index in [1.165, 1.54) is 0 Å². The second-order valence-electron chi connectivity index (χ2n) is 2.36. The molecule has 0 unspecified atom stereocenters. The summed E-state index contributed by atoms with van der Waals surface area (Å²) < 4.78 is 5.19. The molecule has 2 rings (SSSR count). The van der Waals surface area contributed by atoms with Gasteiger partial charge in [-0.05, 0) is 19.1 Å². The maximum atomic E-state index is 9.34. The van der Waals surface area contributed by atoms with Crippen LogP contribution in [-0.4, -0.2) is 10.1 Å². The highest BCUT2D eigenvalue weighted by Crippen LogP contribution is 2.28. The zero-order valence-electron chi connectivity index (χ0n) is 6.03. The number of furan rings is 1. The molecule has 2 aromatic heterocycles. The van der Waals surface area contributed by atoms with Crippen molar-refractivity contribution in [1.82, 2.24) is 4.98 Å². The van der Waals surface area contributed by atoms with E-state index in [4.69, 9.17) is 4.42 Å². The average Bonchev–Trinajstić information content (AvgIpc) is 2.30. The van der Waals surface area contributed by atoms with E-state index in [0.29, 0.717) is 16.9 Å². The molecule has 11 heavy (non-hydrogen) atoms. The molecular weight excluding hydrogens is 142 g/mol. The Labute approximate surface area is 63.3 Å². The maximum Gasteiger partial charge on any atom is 0.183 e. The standard InChI is InChI=1S/C8H7NO2/c1-5-8(10)7-6(11-5)3-2-4-9-7/h2-4,10H,1H3. The van der Waals surface area contributed by atoms with Crippen molar-refractivity contribution in [2.24, 2.45) is 0 Å². The van der Waals surface area contributed by atoms with E-state index < -0.39 is 0 Å². The van der Waals surface area contributed by atoms with E-state index in [0.717, 1.165) is 0 Å². The van der Waals surface area contributed by atoms with E-state index in [2.05, 4.69) is 4.98 Å². The molecule has 56 valence electrons. The molecule has 0 radical (unpaired) electrons. The van der Waals surface area contributed by atoms with Crippen LogP contribution in [0.5, 0.6) is 5.75 Å². The minimum Gasteiger partial charge on any atom is -0.503 e. The van der Waals surface area contributed by atoms with Crippen molar-refractivity contribution >= 4 is 11.1 Å². The number of aryl methyl sites for hydroxylation is 1. The van der Waals surface area contributed by atoms with Gasteiger partial charge in [-0.25, -0.2) is 4.98 Å². The van der Waals surface area contributed by atoms with Gasteiger partial charge in [0.2, 0.25) is 0 Å². The maximum absolute atomic E-state index is 9.34. The summed E-state index contributed by atoms with van der Waals surface area (Å²) >= 11 is 0. The topological polar surface area (TPSA) is 46.3 Å². The molecule has 0 atom stereocenters. The van der Waals surface area contributed by atoms with Gasteiger partial charge in [-0.2, -0.15) is 0 Å². The van der Waals surface area contributed by atoms with Crippen LogP contribution < -0.4 is 0 Å². The van der Waals surface area contributed by atoms with Crippen molar-refractivity contribution in [2.45, 2.75) is 6.92 Å². The Morgan fingerprint density at radius 3 is 3.09 bits per heavy atom. The quantitative estimate of drug-likeness (QED) is 0.621. The summed E-state index contributed by atoms with van der Waals surface area (Å²) in [5.41, 5.74) is 1.16. The third-order valence-electron chi connectivity index (χ3n) is 1.59.